The molecule has 6 rings (SSSR count). The average molecular weight is 534 g/mol. The fourth-order valence-electron chi connectivity index (χ4n) is 5.37. The highest BCUT2D eigenvalue weighted by Crippen LogP contribution is 2.43. The number of nitriles is 1. The zero-order valence-electron chi connectivity index (χ0n) is 23.9. The van der Waals surface area contributed by atoms with E-state index in [-0.39, 0.29) is 11.2 Å². The second-order valence-electron chi connectivity index (χ2n) is 12.1. The van der Waals surface area contributed by atoms with Gasteiger partial charge in [-0.25, -0.2) is 4.39 Å². The molecule has 0 bridgehead atoms. The van der Waals surface area contributed by atoms with Gasteiger partial charge in [-0.2, -0.15) is 5.26 Å². The number of furan rings is 1. The Morgan fingerprint density at radius 3 is 2.12 bits per heavy atom. The van der Waals surface area contributed by atoms with Gasteiger partial charge in [0.2, 0.25) is 0 Å². The molecule has 6 aromatic rings. The molecule has 0 N–H and O–H groups in total. The molecule has 0 fully saturated rings. The summed E-state index contributed by atoms with van der Waals surface area (Å²) in [6, 6.07) is 32.4. The second-order valence-corrected chi connectivity index (χ2v) is 12.1. The number of fused-ring (bicyclic) bond motifs is 3. The third kappa shape index (κ3) is 4.43. The van der Waals surface area contributed by atoms with Crippen LogP contribution in [-0.2, 0) is 5.21 Å². The molecule has 0 aliphatic heterocycles. The summed E-state index contributed by atoms with van der Waals surface area (Å²) < 4.78 is 21.8. The van der Waals surface area contributed by atoms with Crippen molar-refractivity contribution in [2.75, 3.05) is 0 Å². The van der Waals surface area contributed by atoms with Crippen molar-refractivity contribution in [3.63, 3.8) is 0 Å². The highest BCUT2D eigenvalue weighted by atomic mass is 19.1. The minimum Gasteiger partial charge on any atom is -0.455 e. The van der Waals surface area contributed by atoms with E-state index in [2.05, 4.69) is 71.8 Å². The summed E-state index contributed by atoms with van der Waals surface area (Å²) in [5.41, 5.74) is 7.64. The summed E-state index contributed by atoms with van der Waals surface area (Å²) in [5, 5.41) is 11.4. The van der Waals surface area contributed by atoms with E-state index in [4.69, 9.17) is 4.42 Å². The molecule has 6 heteroatoms. The molecule has 0 saturated heterocycles. The van der Waals surface area contributed by atoms with Gasteiger partial charge < -0.3 is 4.42 Å². The second kappa shape index (κ2) is 9.78. The van der Waals surface area contributed by atoms with Gasteiger partial charge in [0.25, 0.3) is 0 Å². The molecule has 0 radical (unpaired) electrons. The van der Waals surface area contributed by atoms with Crippen LogP contribution in [0.15, 0.2) is 102 Å². The van der Waals surface area contributed by atoms with Gasteiger partial charge in [0.15, 0.2) is 0 Å². The number of para-hydroxylation sites is 1. The van der Waals surface area contributed by atoms with Crippen molar-refractivity contribution in [3.05, 3.63) is 114 Å². The van der Waals surface area contributed by atoms with Crippen molar-refractivity contribution in [1.82, 2.24) is 4.98 Å². The lowest BCUT2D eigenvalue weighted by atomic mass is 9.41. The van der Waals surface area contributed by atoms with Crippen LogP contribution in [0.5, 0.6) is 0 Å². The first kappa shape index (κ1) is 26.6. The van der Waals surface area contributed by atoms with Crippen LogP contribution in [0.3, 0.4) is 0 Å². The van der Waals surface area contributed by atoms with Crippen LogP contribution in [0.25, 0.3) is 55.4 Å². The third-order valence-electron chi connectivity index (χ3n) is 8.75. The first-order valence-corrected chi connectivity index (χ1v) is 13.8. The molecule has 0 unspecified atom stereocenters. The van der Waals surface area contributed by atoms with Gasteiger partial charge in [0.05, 0.1) is 23.5 Å². The van der Waals surface area contributed by atoms with Gasteiger partial charge in [-0.3, -0.25) is 4.98 Å². The van der Waals surface area contributed by atoms with E-state index in [1.807, 2.05) is 66.7 Å². The first-order valence-electron chi connectivity index (χ1n) is 13.8. The summed E-state index contributed by atoms with van der Waals surface area (Å²) >= 11 is 0. The summed E-state index contributed by atoms with van der Waals surface area (Å²) in [6.45, 7) is 6.35. The Morgan fingerprint density at radius 2 is 1.44 bits per heavy atom. The summed E-state index contributed by atoms with van der Waals surface area (Å²) in [5.74, 6) is -0.314. The molecule has 41 heavy (non-hydrogen) atoms. The Labute approximate surface area is 241 Å². The summed E-state index contributed by atoms with van der Waals surface area (Å²) in [7, 11) is 4.13. The van der Waals surface area contributed by atoms with E-state index < -0.39 is 5.21 Å². The lowest BCUT2D eigenvalue weighted by molar-refractivity contribution is 0.349. The molecule has 0 spiro atoms. The van der Waals surface area contributed by atoms with E-state index in [1.54, 1.807) is 0 Å². The number of benzene rings is 4. The Balaban J connectivity index is 1.54. The number of hydrogen-bond donors (Lipinski definition) is 0. The molecule has 0 aliphatic carbocycles. The zero-order chi connectivity index (χ0) is 28.9. The highest BCUT2D eigenvalue weighted by Gasteiger charge is 2.36. The molecule has 198 valence electrons. The fourth-order valence-corrected chi connectivity index (χ4v) is 5.37. The van der Waals surface area contributed by atoms with Gasteiger partial charge in [0.1, 0.15) is 32.7 Å². The van der Waals surface area contributed by atoms with E-state index in [0.29, 0.717) is 28.0 Å². The van der Waals surface area contributed by atoms with Crippen LogP contribution >= 0.6 is 0 Å². The Bertz CT molecular complexity index is 1970. The minimum absolute atomic E-state index is 0.170. The molecule has 4 aromatic carbocycles. The van der Waals surface area contributed by atoms with Crippen molar-refractivity contribution in [2.45, 2.75) is 26.0 Å². The standard InChI is InChI=1S/C35H29B2FN2O/c1-34(2,3)35(36,37)28-18-30(40-20-29(28)38)27-11-7-10-25-26-17-16-24(19-39)31(33(26)41-32(25)27)23-14-12-22(13-15-23)21-8-5-4-6-9-21/h4-18,20H,36-37H2,1-3H3. The molecular formula is C35H29B2FN2O. The lowest BCUT2D eigenvalue weighted by Gasteiger charge is -2.40. The quantitative estimate of drug-likeness (QED) is 0.221. The van der Waals surface area contributed by atoms with E-state index in [0.717, 1.165) is 38.6 Å². The number of nitrogens with zero attached hydrogens (tertiary/aromatic N) is 2. The Hall–Kier alpha value is -4.62. The number of aromatic nitrogens is 1. The van der Waals surface area contributed by atoms with Gasteiger partial charge in [-0.05, 0) is 51.9 Å². The molecule has 2 aromatic heterocycles. The van der Waals surface area contributed by atoms with Crippen molar-refractivity contribution in [2.24, 2.45) is 5.41 Å². The maximum Gasteiger partial charge on any atom is 0.144 e. The predicted octanol–water partition coefficient (Wildman–Crippen LogP) is 7.46. The third-order valence-corrected chi connectivity index (χ3v) is 8.75. The Kier molecular flexibility index (Phi) is 6.35. The predicted molar refractivity (Wildman–Crippen MR) is 171 cm³/mol. The van der Waals surface area contributed by atoms with E-state index >= 15 is 4.39 Å². The number of hydrogen-bond acceptors (Lipinski definition) is 3. The molecule has 0 aliphatic rings. The number of halogens is 1. The van der Waals surface area contributed by atoms with Gasteiger partial charge in [0, 0.05) is 21.9 Å². The molecular weight excluding hydrogens is 505 g/mol. The zero-order valence-corrected chi connectivity index (χ0v) is 23.9. The SMILES string of the molecule is BC(B)(c1cc(-c2cccc3c2oc2c(-c4ccc(-c5ccccc5)cc4)c(C#N)ccc23)ncc1F)C(C)(C)C. The van der Waals surface area contributed by atoms with Gasteiger partial charge in [-0.15, -0.1) is 0 Å². The maximum atomic E-state index is 15.1. The molecule has 2 heterocycles. The van der Waals surface area contributed by atoms with Crippen LogP contribution in [0.2, 0.25) is 0 Å². The molecule has 3 nitrogen and oxygen atoms in total. The van der Waals surface area contributed by atoms with Crippen molar-refractivity contribution < 1.29 is 8.81 Å². The highest BCUT2D eigenvalue weighted by molar-refractivity contribution is 6.40. The summed E-state index contributed by atoms with van der Waals surface area (Å²) in [6.07, 6.45) is 1.31. The molecule has 0 atom stereocenters. The van der Waals surface area contributed by atoms with E-state index in [9.17, 15) is 5.26 Å². The van der Waals surface area contributed by atoms with Gasteiger partial charge >= 0.3 is 0 Å². The summed E-state index contributed by atoms with van der Waals surface area (Å²) in [4.78, 5) is 4.49. The number of pyridine rings is 1. The Morgan fingerprint density at radius 1 is 0.780 bits per heavy atom. The topological polar surface area (TPSA) is 49.8 Å². The van der Waals surface area contributed by atoms with Crippen molar-refractivity contribution in [1.29, 1.82) is 5.26 Å². The van der Waals surface area contributed by atoms with Crippen LogP contribution in [-0.4, -0.2) is 20.7 Å². The van der Waals surface area contributed by atoms with Gasteiger partial charge in [-0.1, -0.05) is 92.7 Å². The lowest BCUT2D eigenvalue weighted by Crippen LogP contribution is -2.42. The van der Waals surface area contributed by atoms with E-state index in [1.165, 1.54) is 6.20 Å². The normalized spacial score (nSPS) is 12.1. The largest absolute Gasteiger partial charge is 0.455 e. The van der Waals surface area contributed by atoms with Crippen LogP contribution in [0.4, 0.5) is 4.39 Å². The minimum atomic E-state index is -0.433. The van der Waals surface area contributed by atoms with Crippen LogP contribution in [0, 0.1) is 22.6 Å². The van der Waals surface area contributed by atoms with Crippen molar-refractivity contribution in [3.8, 4) is 39.6 Å². The first-order chi connectivity index (χ1) is 19.6. The average Bonchev–Trinajstić information content (AvgIpc) is 3.36. The molecule has 0 saturated carbocycles. The fraction of sp³-hybridized carbons (Fsp3) is 0.143. The maximum absolute atomic E-state index is 15.1. The van der Waals surface area contributed by atoms with Crippen LogP contribution < -0.4 is 0 Å². The molecule has 0 amide bonds. The monoisotopic (exact) mass is 534 g/mol. The number of rotatable bonds is 4. The van der Waals surface area contributed by atoms with Crippen LogP contribution in [0.1, 0.15) is 31.9 Å². The smallest absolute Gasteiger partial charge is 0.144 e. The van der Waals surface area contributed by atoms with Crippen molar-refractivity contribution >= 4 is 37.6 Å².